The van der Waals surface area contributed by atoms with Gasteiger partial charge in [0.1, 0.15) is 30.5 Å². The Morgan fingerprint density at radius 1 is 1.35 bits per heavy atom. The first-order chi connectivity index (χ1) is 11.2. The molecule has 5 atom stereocenters. The number of rotatable bonds is 4. The third-order valence-corrected chi connectivity index (χ3v) is 4.39. The minimum Gasteiger partial charge on any atom is -0.508 e. The molecule has 2 saturated heterocycles. The Bertz CT molecular complexity index is 665. The van der Waals surface area contributed by atoms with Gasteiger partial charge in [-0.1, -0.05) is 18.2 Å². The van der Waals surface area contributed by atoms with Gasteiger partial charge in [-0.05, 0) is 6.07 Å². The standard InChI is InChI=1S/C15H18N4O4/c20-10-4-2-1-3-9(10)5-17-12-11-6-22-15(23-11)13(14(12)21)19-8-16-7-18-19/h1-4,7-8,11-15,17,20-21H,5-6H2/t11-,12-,13-,14+,15-/m1/s1. The average Bonchev–Trinajstić information content (AvgIpc) is 3.21. The zero-order valence-corrected chi connectivity index (χ0v) is 12.3. The molecule has 0 aliphatic carbocycles. The largest absolute Gasteiger partial charge is 0.508 e. The molecule has 0 spiro atoms. The van der Waals surface area contributed by atoms with Crippen LogP contribution < -0.4 is 5.32 Å². The molecule has 1 aromatic heterocycles. The predicted molar refractivity (Wildman–Crippen MR) is 78.4 cm³/mol. The van der Waals surface area contributed by atoms with Crippen LogP contribution in [0.5, 0.6) is 5.75 Å². The van der Waals surface area contributed by atoms with E-state index in [0.29, 0.717) is 13.2 Å². The van der Waals surface area contributed by atoms with Crippen molar-refractivity contribution in [2.75, 3.05) is 6.61 Å². The second-order valence-electron chi connectivity index (χ2n) is 5.77. The van der Waals surface area contributed by atoms with E-state index < -0.39 is 18.4 Å². The van der Waals surface area contributed by atoms with Crippen molar-refractivity contribution >= 4 is 0 Å². The molecule has 8 heteroatoms. The summed E-state index contributed by atoms with van der Waals surface area (Å²) in [5, 5.41) is 28.0. The fourth-order valence-electron chi connectivity index (χ4n) is 3.19. The SMILES string of the molecule is Oc1ccccc1CN[C@H]1[C@H](O)[C@@H](n2cncn2)[C@@H]2OC[C@H]1O2. The quantitative estimate of drug-likeness (QED) is 0.717. The normalized spacial score (nSPS) is 33.0. The number of hydrogen-bond donors (Lipinski definition) is 3. The van der Waals surface area contributed by atoms with Gasteiger partial charge in [-0.2, -0.15) is 5.10 Å². The Morgan fingerprint density at radius 3 is 3.00 bits per heavy atom. The van der Waals surface area contributed by atoms with Crippen molar-refractivity contribution in [2.24, 2.45) is 0 Å². The summed E-state index contributed by atoms with van der Waals surface area (Å²) in [7, 11) is 0. The lowest BCUT2D eigenvalue weighted by atomic mass is 9.96. The van der Waals surface area contributed by atoms with Gasteiger partial charge in [0.2, 0.25) is 0 Å². The molecule has 0 amide bonds. The lowest BCUT2D eigenvalue weighted by Crippen LogP contribution is -2.57. The van der Waals surface area contributed by atoms with Gasteiger partial charge in [0.25, 0.3) is 0 Å². The van der Waals surface area contributed by atoms with Crippen LogP contribution in [0.1, 0.15) is 11.6 Å². The monoisotopic (exact) mass is 318 g/mol. The third kappa shape index (κ3) is 2.59. The molecule has 23 heavy (non-hydrogen) atoms. The van der Waals surface area contributed by atoms with E-state index in [1.54, 1.807) is 23.1 Å². The smallest absolute Gasteiger partial charge is 0.183 e. The number of aliphatic hydroxyl groups excluding tert-OH is 1. The highest BCUT2D eigenvalue weighted by molar-refractivity contribution is 5.31. The molecule has 3 heterocycles. The predicted octanol–water partition coefficient (Wildman–Crippen LogP) is -0.201. The van der Waals surface area contributed by atoms with Crippen LogP contribution in [0.4, 0.5) is 0 Å². The Labute approximate surface area is 132 Å². The Kier molecular flexibility index (Phi) is 3.74. The van der Waals surface area contributed by atoms with Crippen molar-refractivity contribution in [2.45, 2.75) is 37.1 Å². The van der Waals surface area contributed by atoms with E-state index in [9.17, 15) is 10.2 Å². The maximum atomic E-state index is 10.8. The zero-order chi connectivity index (χ0) is 15.8. The molecule has 0 radical (unpaired) electrons. The van der Waals surface area contributed by atoms with Crippen LogP contribution in [0, 0.1) is 0 Å². The number of benzene rings is 1. The summed E-state index contributed by atoms with van der Waals surface area (Å²) in [6, 6.07) is 6.31. The Hall–Kier alpha value is -2.00. The fourth-order valence-corrected chi connectivity index (χ4v) is 3.19. The Morgan fingerprint density at radius 2 is 2.22 bits per heavy atom. The van der Waals surface area contributed by atoms with Crippen LogP contribution in [0.2, 0.25) is 0 Å². The Balaban J connectivity index is 1.52. The average molecular weight is 318 g/mol. The molecular weight excluding hydrogens is 300 g/mol. The summed E-state index contributed by atoms with van der Waals surface area (Å²) in [6.07, 6.45) is 1.45. The molecule has 4 rings (SSSR count). The number of ether oxygens (including phenoxy) is 2. The molecule has 2 aromatic rings. The first-order valence-electron chi connectivity index (χ1n) is 7.53. The van der Waals surface area contributed by atoms with E-state index in [1.807, 2.05) is 12.1 Å². The first kappa shape index (κ1) is 14.6. The van der Waals surface area contributed by atoms with Crippen LogP contribution in [0.15, 0.2) is 36.9 Å². The number of nitrogens with one attached hydrogen (secondary N) is 1. The van der Waals surface area contributed by atoms with Gasteiger partial charge in [-0.25, -0.2) is 9.67 Å². The van der Waals surface area contributed by atoms with E-state index in [2.05, 4.69) is 15.4 Å². The summed E-state index contributed by atoms with van der Waals surface area (Å²) in [4.78, 5) is 3.92. The van der Waals surface area contributed by atoms with E-state index in [4.69, 9.17) is 9.47 Å². The number of aliphatic hydroxyl groups is 1. The lowest BCUT2D eigenvalue weighted by molar-refractivity contribution is -0.168. The van der Waals surface area contributed by atoms with Gasteiger partial charge in [0.15, 0.2) is 6.29 Å². The number of fused-ring (bicyclic) bond motifs is 2. The zero-order valence-electron chi connectivity index (χ0n) is 12.3. The minimum absolute atomic E-state index is 0.222. The summed E-state index contributed by atoms with van der Waals surface area (Å²) in [6.45, 7) is 0.828. The van der Waals surface area contributed by atoms with Gasteiger partial charge in [-0.3, -0.25) is 0 Å². The van der Waals surface area contributed by atoms with E-state index in [1.165, 1.54) is 6.33 Å². The van der Waals surface area contributed by atoms with Crippen molar-refractivity contribution in [1.82, 2.24) is 20.1 Å². The summed E-state index contributed by atoms with van der Waals surface area (Å²) in [5.74, 6) is 0.222. The fraction of sp³-hybridized carbons (Fsp3) is 0.467. The number of phenolic OH excluding ortho intramolecular Hbond substituents is 1. The highest BCUT2D eigenvalue weighted by atomic mass is 16.7. The molecule has 1 aromatic carbocycles. The number of aromatic hydroxyl groups is 1. The first-order valence-corrected chi connectivity index (χ1v) is 7.53. The van der Waals surface area contributed by atoms with Crippen molar-refractivity contribution in [3.8, 4) is 5.75 Å². The maximum absolute atomic E-state index is 10.8. The number of nitrogens with zero attached hydrogens (tertiary/aromatic N) is 3. The molecule has 3 N–H and O–H groups in total. The van der Waals surface area contributed by atoms with E-state index in [-0.39, 0.29) is 17.9 Å². The van der Waals surface area contributed by atoms with Crippen molar-refractivity contribution in [3.05, 3.63) is 42.5 Å². The summed E-state index contributed by atoms with van der Waals surface area (Å²) >= 11 is 0. The highest BCUT2D eigenvalue weighted by Crippen LogP contribution is 2.35. The highest BCUT2D eigenvalue weighted by Gasteiger charge is 2.51. The molecule has 0 unspecified atom stereocenters. The topological polar surface area (TPSA) is 102 Å². The van der Waals surface area contributed by atoms with E-state index in [0.717, 1.165) is 5.56 Å². The lowest BCUT2D eigenvalue weighted by Gasteiger charge is -2.38. The van der Waals surface area contributed by atoms with Gasteiger partial charge < -0.3 is 25.0 Å². The summed E-state index contributed by atoms with van der Waals surface area (Å²) < 4.78 is 13.0. The second-order valence-corrected chi connectivity index (χ2v) is 5.77. The number of aromatic nitrogens is 3. The van der Waals surface area contributed by atoms with E-state index >= 15 is 0 Å². The second kappa shape index (κ2) is 5.89. The van der Waals surface area contributed by atoms with Crippen LogP contribution in [-0.2, 0) is 16.0 Å². The third-order valence-electron chi connectivity index (χ3n) is 4.39. The molecule has 2 aliphatic rings. The van der Waals surface area contributed by atoms with Gasteiger partial charge >= 0.3 is 0 Å². The van der Waals surface area contributed by atoms with Crippen molar-refractivity contribution < 1.29 is 19.7 Å². The summed E-state index contributed by atoms with van der Waals surface area (Å²) in [5.41, 5.74) is 0.762. The number of phenols is 1. The molecule has 8 nitrogen and oxygen atoms in total. The van der Waals surface area contributed by atoms with Crippen LogP contribution in [0.25, 0.3) is 0 Å². The van der Waals surface area contributed by atoms with Crippen LogP contribution >= 0.6 is 0 Å². The van der Waals surface area contributed by atoms with Gasteiger partial charge in [-0.15, -0.1) is 0 Å². The minimum atomic E-state index is -0.742. The molecule has 122 valence electrons. The van der Waals surface area contributed by atoms with Crippen LogP contribution in [-0.4, -0.2) is 56.1 Å². The molecule has 2 aliphatic heterocycles. The molecule has 0 saturated carbocycles. The molecule has 2 bridgehead atoms. The van der Waals surface area contributed by atoms with Crippen molar-refractivity contribution in [3.63, 3.8) is 0 Å². The van der Waals surface area contributed by atoms with Crippen molar-refractivity contribution in [1.29, 1.82) is 0 Å². The van der Waals surface area contributed by atoms with Crippen LogP contribution in [0.3, 0.4) is 0 Å². The maximum Gasteiger partial charge on any atom is 0.183 e. The molecular formula is C15H18N4O4. The number of para-hydroxylation sites is 1. The van der Waals surface area contributed by atoms with Gasteiger partial charge in [0, 0.05) is 12.1 Å². The molecule has 2 fully saturated rings. The van der Waals surface area contributed by atoms with Gasteiger partial charge in [0.05, 0.1) is 18.8 Å². The number of hydrogen-bond acceptors (Lipinski definition) is 7.